The highest BCUT2D eigenvalue weighted by atomic mass is 16.5. The van der Waals surface area contributed by atoms with Crippen LogP contribution < -0.4 is 5.73 Å². The van der Waals surface area contributed by atoms with Gasteiger partial charge >= 0.3 is 0 Å². The Kier molecular flexibility index (Phi) is 6.19. The van der Waals surface area contributed by atoms with E-state index in [1.807, 2.05) is 13.0 Å². The second kappa shape index (κ2) is 7.43. The van der Waals surface area contributed by atoms with E-state index in [4.69, 9.17) is 15.2 Å². The average molecular weight is 237 g/mol. The summed E-state index contributed by atoms with van der Waals surface area (Å²) in [6.07, 6.45) is 0.859. The summed E-state index contributed by atoms with van der Waals surface area (Å²) < 4.78 is 10.8. The first-order chi connectivity index (χ1) is 8.15. The molecular weight excluding hydrogens is 214 g/mol. The highest BCUT2D eigenvalue weighted by Gasteiger charge is 2.16. The van der Waals surface area contributed by atoms with Crippen molar-refractivity contribution in [3.05, 3.63) is 35.4 Å². The Balaban J connectivity index is 2.59. The zero-order valence-electron chi connectivity index (χ0n) is 11.0. The minimum atomic E-state index is -0.0354. The third-order valence-electron chi connectivity index (χ3n) is 2.64. The molecule has 96 valence electrons. The van der Waals surface area contributed by atoms with Crippen LogP contribution in [0.25, 0.3) is 0 Å². The summed E-state index contributed by atoms with van der Waals surface area (Å²) in [5, 5.41) is 0. The molecule has 2 N–H and O–H groups in total. The lowest BCUT2D eigenvalue weighted by Gasteiger charge is -2.22. The fourth-order valence-corrected chi connectivity index (χ4v) is 1.81. The largest absolute Gasteiger partial charge is 0.385 e. The second-order valence-electron chi connectivity index (χ2n) is 4.41. The van der Waals surface area contributed by atoms with Gasteiger partial charge in [0.2, 0.25) is 0 Å². The fraction of sp³-hybridized carbons (Fsp3) is 0.571. The molecule has 0 saturated carbocycles. The van der Waals surface area contributed by atoms with Gasteiger partial charge in [0.15, 0.2) is 0 Å². The molecule has 3 heteroatoms. The van der Waals surface area contributed by atoms with Gasteiger partial charge in [0.1, 0.15) is 0 Å². The minimum absolute atomic E-state index is 0.0145. The van der Waals surface area contributed by atoms with Gasteiger partial charge in [-0.1, -0.05) is 29.8 Å². The highest BCUT2D eigenvalue weighted by Crippen LogP contribution is 2.21. The molecule has 0 fully saturated rings. The van der Waals surface area contributed by atoms with Gasteiger partial charge < -0.3 is 15.2 Å². The molecule has 2 unspecified atom stereocenters. The number of benzene rings is 1. The summed E-state index contributed by atoms with van der Waals surface area (Å²) in [5.74, 6) is 0. The van der Waals surface area contributed by atoms with Crippen LogP contribution in [-0.2, 0) is 9.47 Å². The van der Waals surface area contributed by atoms with Crippen molar-refractivity contribution in [3.8, 4) is 0 Å². The molecule has 3 nitrogen and oxygen atoms in total. The van der Waals surface area contributed by atoms with Crippen LogP contribution in [0.2, 0.25) is 0 Å². The maximum atomic E-state index is 5.98. The fourth-order valence-electron chi connectivity index (χ4n) is 1.81. The molecule has 0 radical (unpaired) electrons. The Morgan fingerprint density at radius 3 is 2.65 bits per heavy atom. The van der Waals surface area contributed by atoms with Crippen molar-refractivity contribution in [2.45, 2.75) is 32.4 Å². The van der Waals surface area contributed by atoms with Gasteiger partial charge in [-0.05, 0) is 25.8 Å². The van der Waals surface area contributed by atoms with Crippen LogP contribution in [-0.4, -0.2) is 26.4 Å². The first kappa shape index (κ1) is 14.2. The molecular formula is C14H23NO2. The van der Waals surface area contributed by atoms with Crippen molar-refractivity contribution in [2.24, 2.45) is 5.73 Å². The lowest BCUT2D eigenvalue weighted by Crippen LogP contribution is -2.27. The van der Waals surface area contributed by atoms with E-state index in [0.717, 1.165) is 18.6 Å². The van der Waals surface area contributed by atoms with Crippen LogP contribution in [0.4, 0.5) is 0 Å². The smallest absolute Gasteiger partial charge is 0.0973 e. The molecule has 0 saturated heterocycles. The number of hydrogen-bond acceptors (Lipinski definition) is 3. The van der Waals surface area contributed by atoms with Crippen LogP contribution in [0.3, 0.4) is 0 Å². The molecule has 0 heterocycles. The third kappa shape index (κ3) is 4.86. The van der Waals surface area contributed by atoms with Crippen molar-refractivity contribution in [1.29, 1.82) is 0 Å². The van der Waals surface area contributed by atoms with E-state index < -0.39 is 0 Å². The predicted molar refractivity (Wildman–Crippen MR) is 70.0 cm³/mol. The molecule has 1 rings (SSSR count). The Labute approximate surface area is 104 Å². The summed E-state index contributed by atoms with van der Waals surface area (Å²) in [7, 11) is 1.70. The summed E-state index contributed by atoms with van der Waals surface area (Å²) in [5.41, 5.74) is 8.36. The maximum absolute atomic E-state index is 5.98. The van der Waals surface area contributed by atoms with Crippen molar-refractivity contribution in [1.82, 2.24) is 0 Å². The number of methoxy groups -OCH3 is 1. The molecule has 0 aliphatic rings. The molecule has 2 atom stereocenters. The quantitative estimate of drug-likeness (QED) is 0.741. The molecule has 1 aromatic rings. The van der Waals surface area contributed by atoms with Gasteiger partial charge in [0.25, 0.3) is 0 Å². The van der Waals surface area contributed by atoms with E-state index in [2.05, 4.69) is 25.1 Å². The van der Waals surface area contributed by atoms with E-state index >= 15 is 0 Å². The summed E-state index contributed by atoms with van der Waals surface area (Å²) in [4.78, 5) is 0. The maximum Gasteiger partial charge on any atom is 0.0973 e. The minimum Gasteiger partial charge on any atom is -0.385 e. The average Bonchev–Trinajstić information content (AvgIpc) is 2.28. The lowest BCUT2D eigenvalue weighted by molar-refractivity contribution is 0.0264. The molecule has 0 spiro atoms. The zero-order chi connectivity index (χ0) is 12.7. The van der Waals surface area contributed by atoms with Crippen molar-refractivity contribution in [2.75, 3.05) is 20.3 Å². The molecule has 1 aromatic carbocycles. The normalized spacial score (nSPS) is 14.6. The standard InChI is InChI=1S/C14H23NO2/c1-11-6-4-7-13(10-11)14(12(2)15)17-9-5-8-16-3/h4,6-7,10,12,14H,5,8-9,15H2,1-3H3. The predicted octanol–water partition coefficient (Wildman–Crippen LogP) is 2.44. The van der Waals surface area contributed by atoms with Gasteiger partial charge in [-0.3, -0.25) is 0 Å². The van der Waals surface area contributed by atoms with Gasteiger partial charge in [-0.2, -0.15) is 0 Å². The Morgan fingerprint density at radius 1 is 1.29 bits per heavy atom. The Bertz CT molecular complexity index is 326. The SMILES string of the molecule is COCCCOC(c1cccc(C)c1)C(C)N. The van der Waals surface area contributed by atoms with Crippen LogP contribution in [0.15, 0.2) is 24.3 Å². The van der Waals surface area contributed by atoms with Crippen LogP contribution in [0.5, 0.6) is 0 Å². The van der Waals surface area contributed by atoms with Crippen LogP contribution in [0.1, 0.15) is 30.6 Å². The molecule has 0 amide bonds. The lowest BCUT2D eigenvalue weighted by atomic mass is 10.0. The first-order valence-corrected chi connectivity index (χ1v) is 6.08. The first-order valence-electron chi connectivity index (χ1n) is 6.08. The Morgan fingerprint density at radius 2 is 2.06 bits per heavy atom. The van der Waals surface area contributed by atoms with E-state index in [9.17, 15) is 0 Å². The third-order valence-corrected chi connectivity index (χ3v) is 2.64. The molecule has 0 aliphatic heterocycles. The van der Waals surface area contributed by atoms with Gasteiger partial charge in [0, 0.05) is 26.4 Å². The monoisotopic (exact) mass is 237 g/mol. The van der Waals surface area contributed by atoms with Crippen LogP contribution >= 0.6 is 0 Å². The molecule has 0 bridgehead atoms. The van der Waals surface area contributed by atoms with E-state index in [1.165, 1.54) is 5.56 Å². The number of hydrogen-bond donors (Lipinski definition) is 1. The summed E-state index contributed by atoms with van der Waals surface area (Å²) in [6, 6.07) is 8.30. The van der Waals surface area contributed by atoms with E-state index in [-0.39, 0.29) is 12.1 Å². The second-order valence-corrected chi connectivity index (χ2v) is 4.41. The van der Waals surface area contributed by atoms with Crippen molar-refractivity contribution >= 4 is 0 Å². The summed E-state index contributed by atoms with van der Waals surface area (Å²) in [6.45, 7) is 5.45. The van der Waals surface area contributed by atoms with Crippen molar-refractivity contribution < 1.29 is 9.47 Å². The molecule has 0 aromatic heterocycles. The van der Waals surface area contributed by atoms with E-state index in [1.54, 1.807) is 7.11 Å². The van der Waals surface area contributed by atoms with Gasteiger partial charge in [0.05, 0.1) is 6.10 Å². The number of nitrogens with two attached hydrogens (primary N) is 1. The zero-order valence-corrected chi connectivity index (χ0v) is 11.0. The molecule has 17 heavy (non-hydrogen) atoms. The number of rotatable bonds is 7. The van der Waals surface area contributed by atoms with Gasteiger partial charge in [-0.25, -0.2) is 0 Å². The van der Waals surface area contributed by atoms with Crippen LogP contribution in [0, 0.1) is 6.92 Å². The van der Waals surface area contributed by atoms with Crippen molar-refractivity contribution in [3.63, 3.8) is 0 Å². The molecule has 0 aliphatic carbocycles. The summed E-state index contributed by atoms with van der Waals surface area (Å²) >= 11 is 0. The number of aryl methyl sites for hydroxylation is 1. The topological polar surface area (TPSA) is 44.5 Å². The highest BCUT2D eigenvalue weighted by molar-refractivity contribution is 5.25. The van der Waals surface area contributed by atoms with E-state index in [0.29, 0.717) is 6.61 Å². The van der Waals surface area contributed by atoms with Gasteiger partial charge in [-0.15, -0.1) is 0 Å². The number of ether oxygens (including phenoxy) is 2. The Hall–Kier alpha value is -0.900.